The Morgan fingerprint density at radius 2 is 1.41 bits per heavy atom. The van der Waals surface area contributed by atoms with E-state index in [2.05, 4.69) is 2.51 Å². The Kier molecular flexibility index (Phi) is 5.45. The summed E-state index contributed by atoms with van der Waals surface area (Å²) in [4.78, 5) is 0. The van der Waals surface area contributed by atoms with Crippen LogP contribution in [0.2, 0.25) is 0 Å². The molecule has 0 aromatic heterocycles. The molecule has 0 aliphatic heterocycles. The van der Waals surface area contributed by atoms with Crippen molar-refractivity contribution in [3.63, 3.8) is 0 Å². The van der Waals surface area contributed by atoms with Crippen molar-refractivity contribution in [2.24, 2.45) is 0 Å². The van der Waals surface area contributed by atoms with Crippen LogP contribution in [0.4, 0.5) is 13.2 Å². The molecule has 0 N–H and O–H groups in total. The van der Waals surface area contributed by atoms with Gasteiger partial charge in [-0.1, -0.05) is 0 Å². The van der Waals surface area contributed by atoms with Crippen LogP contribution in [0.25, 0.3) is 0 Å². The molecule has 2 aromatic rings. The number of hydrogen-bond acceptors (Lipinski definition) is 3. The summed E-state index contributed by atoms with van der Waals surface area (Å²) in [6.07, 6.45) is 0. The van der Waals surface area contributed by atoms with Gasteiger partial charge in [-0.2, -0.15) is 0 Å². The minimum absolute atomic E-state index is 0.171. The van der Waals surface area contributed by atoms with Gasteiger partial charge in [0.05, 0.1) is 0 Å². The van der Waals surface area contributed by atoms with Crippen molar-refractivity contribution in [2.75, 3.05) is 0 Å². The Bertz CT molecular complexity index is 703. The van der Waals surface area contributed by atoms with Crippen LogP contribution in [0, 0.1) is 3.57 Å². The molecule has 22 heavy (non-hydrogen) atoms. The van der Waals surface area contributed by atoms with Crippen molar-refractivity contribution in [1.29, 1.82) is 0 Å². The van der Waals surface area contributed by atoms with E-state index in [-0.39, 0.29) is 4.43 Å². The molecular formula is C14H12F3IO3S. The maximum absolute atomic E-state index is 12.6. The van der Waals surface area contributed by atoms with Crippen molar-refractivity contribution < 1.29 is 24.1 Å². The SMILES string of the molecule is O=S(=O)(OI(Cc1ccccc1)c1ccccc1)C(F)(F)F. The average molecular weight is 444 g/mol. The maximum atomic E-state index is 12.6. The molecule has 0 aliphatic carbocycles. The van der Waals surface area contributed by atoms with Gasteiger partial charge in [-0.25, -0.2) is 0 Å². The molecule has 0 saturated carbocycles. The second-order valence-electron chi connectivity index (χ2n) is 4.20. The minimum atomic E-state index is -5.60. The molecule has 0 saturated heterocycles. The van der Waals surface area contributed by atoms with Gasteiger partial charge >= 0.3 is 134 Å². The molecule has 0 radical (unpaired) electrons. The molecule has 2 aromatic carbocycles. The summed E-state index contributed by atoms with van der Waals surface area (Å²) in [7, 11) is -5.60. The van der Waals surface area contributed by atoms with E-state index in [9.17, 15) is 21.6 Å². The Hall–Kier alpha value is -1.13. The van der Waals surface area contributed by atoms with Gasteiger partial charge in [0.15, 0.2) is 0 Å². The molecule has 0 fully saturated rings. The van der Waals surface area contributed by atoms with Crippen LogP contribution in [-0.4, -0.2) is 13.9 Å². The number of rotatable bonds is 5. The van der Waals surface area contributed by atoms with Gasteiger partial charge in [-0.3, -0.25) is 0 Å². The fourth-order valence-corrected chi connectivity index (χ4v) is 8.22. The van der Waals surface area contributed by atoms with Gasteiger partial charge in [0.25, 0.3) is 0 Å². The van der Waals surface area contributed by atoms with Crippen molar-refractivity contribution in [3.8, 4) is 0 Å². The van der Waals surface area contributed by atoms with Gasteiger partial charge in [-0.05, 0) is 0 Å². The van der Waals surface area contributed by atoms with E-state index in [1.807, 2.05) is 0 Å². The van der Waals surface area contributed by atoms with Crippen molar-refractivity contribution in [3.05, 3.63) is 69.8 Å². The quantitative estimate of drug-likeness (QED) is 0.392. The number of alkyl halides is 4. The van der Waals surface area contributed by atoms with Gasteiger partial charge in [-0.15, -0.1) is 0 Å². The third-order valence-electron chi connectivity index (χ3n) is 2.54. The summed E-state index contributed by atoms with van der Waals surface area (Å²) in [5, 5.41) is 0. The first-order chi connectivity index (χ1) is 10.3. The molecule has 0 bridgehead atoms. The zero-order chi connectivity index (χ0) is 16.2. The van der Waals surface area contributed by atoms with Gasteiger partial charge in [0.1, 0.15) is 0 Å². The van der Waals surface area contributed by atoms with Crippen molar-refractivity contribution >= 4 is 30.4 Å². The van der Waals surface area contributed by atoms with Crippen LogP contribution in [0.1, 0.15) is 5.56 Å². The molecule has 8 heteroatoms. The zero-order valence-electron chi connectivity index (χ0n) is 11.1. The van der Waals surface area contributed by atoms with Crippen LogP contribution >= 0.6 is 20.2 Å². The molecule has 0 heterocycles. The molecule has 120 valence electrons. The van der Waals surface area contributed by atoms with E-state index in [1.165, 1.54) is 0 Å². The predicted molar refractivity (Wildman–Crippen MR) is 85.4 cm³/mol. The number of benzene rings is 2. The monoisotopic (exact) mass is 444 g/mol. The summed E-state index contributed by atoms with van der Waals surface area (Å²) in [6, 6.07) is 16.9. The standard InChI is InChI=1S/C14H12F3IO3S/c15-14(16,17)22(19,20)21-18(13-9-5-2-6-10-13)11-12-7-3-1-4-8-12/h1-10H,11H2. The van der Waals surface area contributed by atoms with Crippen LogP contribution < -0.4 is 0 Å². The molecule has 0 atom stereocenters. The molecule has 0 unspecified atom stereocenters. The second kappa shape index (κ2) is 6.97. The van der Waals surface area contributed by atoms with E-state index in [1.54, 1.807) is 60.7 Å². The summed E-state index contributed by atoms with van der Waals surface area (Å²) in [5.41, 5.74) is -4.66. The fraction of sp³-hybridized carbons (Fsp3) is 0.143. The first kappa shape index (κ1) is 17.2. The normalized spacial score (nSPS) is 13.0. The summed E-state index contributed by atoms with van der Waals surface area (Å²) in [5.74, 6) is 0. The van der Waals surface area contributed by atoms with Crippen molar-refractivity contribution in [1.82, 2.24) is 0 Å². The summed E-state index contributed by atoms with van der Waals surface area (Å²) >= 11 is -3.06. The van der Waals surface area contributed by atoms with Crippen LogP contribution in [0.5, 0.6) is 0 Å². The molecular weight excluding hydrogens is 432 g/mol. The number of halogens is 4. The topological polar surface area (TPSA) is 43.4 Å². The zero-order valence-corrected chi connectivity index (χ0v) is 14.1. The van der Waals surface area contributed by atoms with E-state index in [4.69, 9.17) is 0 Å². The van der Waals surface area contributed by atoms with Gasteiger partial charge < -0.3 is 0 Å². The summed E-state index contributed by atoms with van der Waals surface area (Å²) < 4.78 is 65.6. The second-order valence-corrected chi connectivity index (χ2v) is 10.6. The Morgan fingerprint density at radius 3 is 1.91 bits per heavy atom. The third kappa shape index (κ3) is 4.43. The molecule has 0 amide bonds. The number of hydrogen-bond donors (Lipinski definition) is 0. The van der Waals surface area contributed by atoms with E-state index in [0.29, 0.717) is 3.57 Å². The first-order valence-corrected chi connectivity index (χ1v) is 10.9. The third-order valence-corrected chi connectivity index (χ3v) is 9.83. The predicted octanol–water partition coefficient (Wildman–Crippen LogP) is 4.34. The first-order valence-electron chi connectivity index (χ1n) is 6.06. The van der Waals surface area contributed by atoms with Gasteiger partial charge in [0.2, 0.25) is 0 Å². The Labute approximate surface area is 134 Å². The molecule has 0 aliphatic rings. The fourth-order valence-electron chi connectivity index (χ4n) is 1.53. The van der Waals surface area contributed by atoms with E-state index < -0.39 is 35.9 Å². The van der Waals surface area contributed by atoms with Crippen LogP contribution in [0.15, 0.2) is 60.7 Å². The Morgan fingerprint density at radius 1 is 0.909 bits per heavy atom. The molecule has 3 nitrogen and oxygen atoms in total. The molecule has 2 rings (SSSR count). The van der Waals surface area contributed by atoms with Crippen molar-refractivity contribution in [2.45, 2.75) is 9.94 Å². The summed E-state index contributed by atoms with van der Waals surface area (Å²) in [6.45, 7) is 0. The average Bonchev–Trinajstić information content (AvgIpc) is 2.47. The Balaban J connectivity index is 2.31. The molecule has 0 spiro atoms. The van der Waals surface area contributed by atoms with E-state index >= 15 is 0 Å². The van der Waals surface area contributed by atoms with Crippen LogP contribution in [-0.2, 0) is 17.1 Å². The van der Waals surface area contributed by atoms with E-state index in [0.717, 1.165) is 5.56 Å². The van der Waals surface area contributed by atoms with Gasteiger partial charge in [0, 0.05) is 0 Å². The van der Waals surface area contributed by atoms with Crippen LogP contribution in [0.3, 0.4) is 0 Å².